The first kappa shape index (κ1) is 12.5. The summed E-state index contributed by atoms with van der Waals surface area (Å²) in [5, 5.41) is 17.7. The van der Waals surface area contributed by atoms with E-state index in [2.05, 4.69) is 22.3 Å². The molecule has 5 nitrogen and oxygen atoms in total. The molecule has 0 radical (unpaired) electrons. The van der Waals surface area contributed by atoms with Crippen LogP contribution in [0.3, 0.4) is 0 Å². The minimum Gasteiger partial charge on any atom is -0.392 e. The Kier molecular flexibility index (Phi) is 4.50. The van der Waals surface area contributed by atoms with Crippen molar-refractivity contribution in [3.8, 4) is 0 Å². The number of aliphatic hydroxyl groups is 1. The SMILES string of the molecule is CCCn1ncnc1CC(O)C1CCCNC1. The van der Waals surface area contributed by atoms with Gasteiger partial charge < -0.3 is 10.4 Å². The van der Waals surface area contributed by atoms with Gasteiger partial charge in [-0.1, -0.05) is 6.92 Å². The molecule has 0 spiro atoms. The zero-order valence-electron chi connectivity index (χ0n) is 10.5. The molecule has 0 aromatic carbocycles. The molecule has 2 unspecified atom stereocenters. The van der Waals surface area contributed by atoms with Gasteiger partial charge in [-0.05, 0) is 31.7 Å². The van der Waals surface area contributed by atoms with E-state index in [0.29, 0.717) is 12.3 Å². The highest BCUT2D eigenvalue weighted by Crippen LogP contribution is 2.17. The normalized spacial score (nSPS) is 22.6. The van der Waals surface area contributed by atoms with Gasteiger partial charge in [-0.25, -0.2) is 4.98 Å². The molecule has 0 bridgehead atoms. The number of rotatable bonds is 5. The molecule has 1 aromatic heterocycles. The highest BCUT2D eigenvalue weighted by atomic mass is 16.3. The quantitative estimate of drug-likeness (QED) is 0.788. The monoisotopic (exact) mass is 238 g/mol. The van der Waals surface area contributed by atoms with E-state index in [0.717, 1.165) is 44.7 Å². The molecular weight excluding hydrogens is 216 g/mol. The Bertz CT molecular complexity index is 333. The predicted molar refractivity (Wildman–Crippen MR) is 65.6 cm³/mol. The summed E-state index contributed by atoms with van der Waals surface area (Å²) in [7, 11) is 0. The van der Waals surface area contributed by atoms with E-state index in [-0.39, 0.29) is 6.10 Å². The van der Waals surface area contributed by atoms with Gasteiger partial charge >= 0.3 is 0 Å². The Balaban J connectivity index is 1.92. The first-order chi connectivity index (χ1) is 8.31. The molecule has 1 aliphatic rings. The third-order valence-corrected chi connectivity index (χ3v) is 3.40. The maximum absolute atomic E-state index is 10.2. The Labute approximate surface area is 102 Å². The van der Waals surface area contributed by atoms with Crippen LogP contribution < -0.4 is 5.32 Å². The summed E-state index contributed by atoms with van der Waals surface area (Å²) in [5.41, 5.74) is 0. The number of hydrogen-bond donors (Lipinski definition) is 2. The van der Waals surface area contributed by atoms with E-state index >= 15 is 0 Å². The van der Waals surface area contributed by atoms with Crippen LogP contribution in [0.2, 0.25) is 0 Å². The maximum Gasteiger partial charge on any atom is 0.138 e. The van der Waals surface area contributed by atoms with Gasteiger partial charge in [0, 0.05) is 19.5 Å². The topological polar surface area (TPSA) is 63.0 Å². The van der Waals surface area contributed by atoms with Crippen LogP contribution in [-0.4, -0.2) is 39.1 Å². The van der Waals surface area contributed by atoms with Gasteiger partial charge in [-0.2, -0.15) is 5.10 Å². The molecule has 1 aliphatic heterocycles. The van der Waals surface area contributed by atoms with Crippen molar-refractivity contribution in [3.05, 3.63) is 12.2 Å². The second kappa shape index (κ2) is 6.12. The van der Waals surface area contributed by atoms with Crippen LogP contribution in [-0.2, 0) is 13.0 Å². The molecule has 1 fully saturated rings. The van der Waals surface area contributed by atoms with Gasteiger partial charge in [0.25, 0.3) is 0 Å². The molecule has 17 heavy (non-hydrogen) atoms. The van der Waals surface area contributed by atoms with E-state index in [1.165, 1.54) is 0 Å². The molecule has 2 heterocycles. The van der Waals surface area contributed by atoms with Crippen molar-refractivity contribution in [2.24, 2.45) is 5.92 Å². The molecule has 1 aromatic rings. The molecule has 2 rings (SSSR count). The number of nitrogens with zero attached hydrogens (tertiary/aromatic N) is 3. The number of hydrogen-bond acceptors (Lipinski definition) is 4. The molecule has 2 N–H and O–H groups in total. The molecule has 5 heteroatoms. The largest absolute Gasteiger partial charge is 0.392 e. The van der Waals surface area contributed by atoms with Crippen molar-refractivity contribution < 1.29 is 5.11 Å². The Morgan fingerprint density at radius 3 is 3.24 bits per heavy atom. The van der Waals surface area contributed by atoms with Crippen LogP contribution >= 0.6 is 0 Å². The van der Waals surface area contributed by atoms with Crippen LogP contribution in [0, 0.1) is 5.92 Å². The number of aromatic nitrogens is 3. The molecular formula is C12H22N4O. The number of aliphatic hydroxyl groups excluding tert-OH is 1. The number of piperidine rings is 1. The van der Waals surface area contributed by atoms with Gasteiger partial charge in [0.1, 0.15) is 12.2 Å². The zero-order chi connectivity index (χ0) is 12.1. The maximum atomic E-state index is 10.2. The smallest absolute Gasteiger partial charge is 0.138 e. The van der Waals surface area contributed by atoms with Crippen LogP contribution in [0.4, 0.5) is 0 Å². The van der Waals surface area contributed by atoms with Crippen LogP contribution in [0.15, 0.2) is 6.33 Å². The highest BCUT2D eigenvalue weighted by Gasteiger charge is 2.23. The van der Waals surface area contributed by atoms with Gasteiger partial charge in [-0.3, -0.25) is 4.68 Å². The van der Waals surface area contributed by atoms with Gasteiger partial charge in [0.2, 0.25) is 0 Å². The van der Waals surface area contributed by atoms with Gasteiger partial charge in [0.05, 0.1) is 6.10 Å². The van der Waals surface area contributed by atoms with E-state index < -0.39 is 0 Å². The third kappa shape index (κ3) is 3.26. The fraction of sp³-hybridized carbons (Fsp3) is 0.833. The lowest BCUT2D eigenvalue weighted by Gasteiger charge is -2.27. The zero-order valence-corrected chi connectivity index (χ0v) is 10.5. The first-order valence-corrected chi connectivity index (χ1v) is 6.56. The molecule has 1 saturated heterocycles. The fourth-order valence-electron chi connectivity index (χ4n) is 2.41. The fourth-order valence-corrected chi connectivity index (χ4v) is 2.41. The summed E-state index contributed by atoms with van der Waals surface area (Å²) in [5.74, 6) is 1.26. The standard InChI is InChI=1S/C12H22N4O/c1-2-6-16-12(14-9-15-16)7-11(17)10-4-3-5-13-8-10/h9-11,13,17H,2-8H2,1H3. The third-order valence-electron chi connectivity index (χ3n) is 3.40. The van der Waals surface area contributed by atoms with Crippen molar-refractivity contribution in [1.29, 1.82) is 0 Å². The van der Waals surface area contributed by atoms with Crippen LogP contribution in [0.25, 0.3) is 0 Å². The summed E-state index contributed by atoms with van der Waals surface area (Å²) >= 11 is 0. The van der Waals surface area contributed by atoms with Crippen LogP contribution in [0.1, 0.15) is 32.0 Å². The van der Waals surface area contributed by atoms with Crippen molar-refractivity contribution in [2.75, 3.05) is 13.1 Å². The van der Waals surface area contributed by atoms with Crippen molar-refractivity contribution in [2.45, 2.75) is 45.3 Å². The molecule has 2 atom stereocenters. The van der Waals surface area contributed by atoms with Gasteiger partial charge in [-0.15, -0.1) is 0 Å². The Hall–Kier alpha value is -0.940. The summed E-state index contributed by atoms with van der Waals surface area (Å²) < 4.78 is 1.90. The summed E-state index contributed by atoms with van der Waals surface area (Å²) in [4.78, 5) is 4.24. The lowest BCUT2D eigenvalue weighted by Crippen LogP contribution is -2.38. The minimum atomic E-state index is -0.303. The first-order valence-electron chi connectivity index (χ1n) is 6.56. The lowest BCUT2D eigenvalue weighted by atomic mass is 9.92. The summed E-state index contributed by atoms with van der Waals surface area (Å²) in [6.07, 6.45) is 5.20. The minimum absolute atomic E-state index is 0.303. The second-order valence-corrected chi connectivity index (χ2v) is 4.78. The van der Waals surface area contributed by atoms with E-state index in [9.17, 15) is 5.11 Å². The van der Waals surface area contributed by atoms with E-state index in [4.69, 9.17) is 0 Å². The van der Waals surface area contributed by atoms with Crippen molar-refractivity contribution in [1.82, 2.24) is 20.1 Å². The van der Waals surface area contributed by atoms with Crippen molar-refractivity contribution in [3.63, 3.8) is 0 Å². The molecule has 0 aliphatic carbocycles. The average Bonchev–Trinajstić information content (AvgIpc) is 2.78. The summed E-state index contributed by atoms with van der Waals surface area (Å²) in [6.45, 7) is 5.00. The van der Waals surface area contributed by atoms with Gasteiger partial charge in [0.15, 0.2) is 0 Å². The molecule has 0 amide bonds. The second-order valence-electron chi connectivity index (χ2n) is 4.78. The van der Waals surface area contributed by atoms with E-state index in [1.807, 2.05) is 4.68 Å². The molecule has 0 saturated carbocycles. The Morgan fingerprint density at radius 1 is 1.65 bits per heavy atom. The number of aryl methyl sites for hydroxylation is 1. The van der Waals surface area contributed by atoms with Crippen molar-refractivity contribution >= 4 is 0 Å². The predicted octanol–water partition coefficient (Wildman–Crippen LogP) is 0.591. The number of nitrogens with one attached hydrogen (secondary N) is 1. The van der Waals surface area contributed by atoms with E-state index in [1.54, 1.807) is 6.33 Å². The highest BCUT2D eigenvalue weighted by molar-refractivity contribution is 4.90. The van der Waals surface area contributed by atoms with Crippen LogP contribution in [0.5, 0.6) is 0 Å². The summed E-state index contributed by atoms with van der Waals surface area (Å²) in [6, 6.07) is 0. The Morgan fingerprint density at radius 2 is 2.53 bits per heavy atom. The molecule has 96 valence electrons. The average molecular weight is 238 g/mol. The lowest BCUT2D eigenvalue weighted by molar-refractivity contribution is 0.0893.